The molecule has 1 amide bonds. The second-order valence-electron chi connectivity index (χ2n) is 9.30. The second kappa shape index (κ2) is 13.1. The lowest BCUT2D eigenvalue weighted by Crippen LogP contribution is -2.19. The van der Waals surface area contributed by atoms with Crippen molar-refractivity contribution in [3.63, 3.8) is 0 Å². The van der Waals surface area contributed by atoms with Crippen LogP contribution in [-0.2, 0) is 0 Å². The van der Waals surface area contributed by atoms with E-state index in [0.29, 0.717) is 34.1 Å². The summed E-state index contributed by atoms with van der Waals surface area (Å²) in [5.41, 5.74) is 5.36. The summed E-state index contributed by atoms with van der Waals surface area (Å²) in [6.45, 7) is 2.39. The van der Waals surface area contributed by atoms with Gasteiger partial charge in [-0.05, 0) is 67.1 Å². The number of halogens is 1. The van der Waals surface area contributed by atoms with E-state index < -0.39 is 16.8 Å². The number of nitro groups is 1. The lowest BCUT2D eigenvalue weighted by atomic mass is 10.0. The van der Waals surface area contributed by atoms with Gasteiger partial charge in [-0.2, -0.15) is 5.10 Å². The van der Waals surface area contributed by atoms with Gasteiger partial charge in [-0.3, -0.25) is 14.9 Å². The molecule has 0 fully saturated rings. The average molecular weight is 613 g/mol. The molecule has 5 rings (SSSR count). The van der Waals surface area contributed by atoms with Crippen molar-refractivity contribution in [1.82, 2.24) is 10.4 Å². The number of rotatable bonds is 10. The number of aromatic amines is 1. The van der Waals surface area contributed by atoms with Crippen molar-refractivity contribution in [2.45, 2.75) is 6.92 Å². The number of esters is 1. The predicted molar refractivity (Wildman–Crippen MR) is 166 cm³/mol. The number of amides is 1. The zero-order chi connectivity index (χ0) is 31.2. The number of carbonyl (C=O) groups excluding carboxylic acids is 2. The number of hydrazone groups is 1. The summed E-state index contributed by atoms with van der Waals surface area (Å²) >= 11 is 6.53. The van der Waals surface area contributed by atoms with Gasteiger partial charge < -0.3 is 19.2 Å². The Morgan fingerprint density at radius 3 is 2.50 bits per heavy atom. The van der Waals surface area contributed by atoms with Gasteiger partial charge in [-0.25, -0.2) is 10.2 Å². The Balaban J connectivity index is 1.35. The van der Waals surface area contributed by atoms with E-state index in [1.54, 1.807) is 18.2 Å². The van der Waals surface area contributed by atoms with Gasteiger partial charge in [0, 0.05) is 39.2 Å². The molecular formula is C32H25ClN4O7. The maximum absolute atomic E-state index is 13.4. The van der Waals surface area contributed by atoms with Gasteiger partial charge in [0.05, 0.1) is 30.4 Å². The molecule has 0 saturated heterocycles. The molecule has 0 atom stereocenters. The normalized spacial score (nSPS) is 11.0. The zero-order valence-electron chi connectivity index (χ0n) is 23.5. The van der Waals surface area contributed by atoms with E-state index in [1.165, 1.54) is 43.7 Å². The number of hydrogen-bond acceptors (Lipinski definition) is 8. The number of carbonyl (C=O) groups is 2. The summed E-state index contributed by atoms with van der Waals surface area (Å²) in [6.07, 6.45) is 1.41. The lowest BCUT2D eigenvalue weighted by molar-refractivity contribution is -0.384. The van der Waals surface area contributed by atoms with Crippen LogP contribution in [0.1, 0.15) is 33.3 Å². The third-order valence-electron chi connectivity index (χ3n) is 6.54. The Morgan fingerprint density at radius 2 is 1.80 bits per heavy atom. The molecule has 222 valence electrons. The number of ether oxygens (including phenoxy) is 3. The molecule has 2 N–H and O–H groups in total. The van der Waals surface area contributed by atoms with E-state index in [1.807, 2.05) is 43.3 Å². The minimum absolute atomic E-state index is 0.130. The highest BCUT2D eigenvalue weighted by molar-refractivity contribution is 6.34. The first-order chi connectivity index (χ1) is 21.3. The standard InChI is InChI=1S/C32H25ClN4O7/c1-3-43-22-13-14-26-24(17-22)29(23-6-4-5-7-25(23)33)30(35-26)31(38)36-34-18-19-8-15-27(28(16-19)42-2)44-32(39)20-9-11-21(12-10-20)37(40)41/h4-18,35H,3H2,1-2H3,(H,36,38). The van der Waals surface area contributed by atoms with E-state index in [0.717, 1.165) is 10.9 Å². The molecule has 11 nitrogen and oxygen atoms in total. The number of methoxy groups -OCH3 is 1. The van der Waals surface area contributed by atoms with Crippen molar-refractivity contribution in [1.29, 1.82) is 0 Å². The van der Waals surface area contributed by atoms with Gasteiger partial charge in [0.2, 0.25) is 0 Å². The molecular weight excluding hydrogens is 588 g/mol. The summed E-state index contributed by atoms with van der Waals surface area (Å²) in [5.74, 6) is -0.185. The van der Waals surface area contributed by atoms with Gasteiger partial charge in [-0.1, -0.05) is 29.8 Å². The SMILES string of the molecule is CCOc1ccc2[nH]c(C(=O)NN=Cc3ccc(OC(=O)c4ccc([N+](=O)[O-])cc4)c(OC)c3)c(-c3ccccc3Cl)c2c1. The van der Waals surface area contributed by atoms with Crippen LogP contribution in [0.25, 0.3) is 22.0 Å². The molecule has 4 aromatic carbocycles. The van der Waals surface area contributed by atoms with E-state index in [4.69, 9.17) is 25.8 Å². The fourth-order valence-corrected chi connectivity index (χ4v) is 4.72. The maximum Gasteiger partial charge on any atom is 0.343 e. The molecule has 0 radical (unpaired) electrons. The summed E-state index contributed by atoms with van der Waals surface area (Å²) in [6, 6.07) is 22.5. The smallest absolute Gasteiger partial charge is 0.343 e. The Hall–Kier alpha value is -5.68. The quantitative estimate of drug-likeness (QED) is 0.0581. The van der Waals surface area contributed by atoms with E-state index in [2.05, 4.69) is 15.5 Å². The van der Waals surface area contributed by atoms with Crippen molar-refractivity contribution in [2.75, 3.05) is 13.7 Å². The van der Waals surface area contributed by atoms with Gasteiger partial charge in [0.15, 0.2) is 11.5 Å². The second-order valence-corrected chi connectivity index (χ2v) is 9.71. The van der Waals surface area contributed by atoms with Crippen LogP contribution in [0.15, 0.2) is 90.0 Å². The van der Waals surface area contributed by atoms with Crippen molar-refractivity contribution in [3.8, 4) is 28.4 Å². The molecule has 0 bridgehead atoms. The molecule has 0 aliphatic rings. The molecule has 0 aliphatic carbocycles. The van der Waals surface area contributed by atoms with Gasteiger partial charge in [-0.15, -0.1) is 0 Å². The van der Waals surface area contributed by atoms with Crippen molar-refractivity contribution < 1.29 is 28.7 Å². The van der Waals surface area contributed by atoms with Crippen LogP contribution in [0.2, 0.25) is 5.02 Å². The molecule has 0 saturated carbocycles. The Bertz CT molecular complexity index is 1900. The van der Waals surface area contributed by atoms with Crippen molar-refractivity contribution in [2.24, 2.45) is 5.10 Å². The number of non-ortho nitro benzene ring substituents is 1. The summed E-state index contributed by atoms with van der Waals surface area (Å²) in [4.78, 5) is 39.4. The van der Waals surface area contributed by atoms with Gasteiger partial charge >= 0.3 is 5.97 Å². The molecule has 1 aromatic heterocycles. The topological polar surface area (TPSA) is 145 Å². The van der Waals surface area contributed by atoms with Crippen LogP contribution in [0.5, 0.6) is 17.2 Å². The van der Waals surface area contributed by atoms with E-state index in [9.17, 15) is 19.7 Å². The van der Waals surface area contributed by atoms with Crippen LogP contribution in [0.4, 0.5) is 5.69 Å². The van der Waals surface area contributed by atoms with Crippen LogP contribution in [-0.4, -0.2) is 41.7 Å². The fraction of sp³-hybridized carbons (Fsp3) is 0.0938. The number of nitro benzene ring substituents is 1. The lowest BCUT2D eigenvalue weighted by Gasteiger charge is -2.10. The first-order valence-corrected chi connectivity index (χ1v) is 13.7. The van der Waals surface area contributed by atoms with Crippen LogP contribution in [0.3, 0.4) is 0 Å². The first-order valence-electron chi connectivity index (χ1n) is 13.3. The predicted octanol–water partition coefficient (Wildman–Crippen LogP) is 6.79. The van der Waals surface area contributed by atoms with E-state index >= 15 is 0 Å². The zero-order valence-corrected chi connectivity index (χ0v) is 24.3. The number of nitrogens with zero attached hydrogens (tertiary/aromatic N) is 2. The highest BCUT2D eigenvalue weighted by Gasteiger charge is 2.21. The summed E-state index contributed by atoms with van der Waals surface area (Å²) in [5, 5.41) is 16.2. The average Bonchev–Trinajstić information content (AvgIpc) is 3.40. The maximum atomic E-state index is 13.4. The highest BCUT2D eigenvalue weighted by Crippen LogP contribution is 2.38. The minimum Gasteiger partial charge on any atom is -0.494 e. The molecule has 0 unspecified atom stereocenters. The van der Waals surface area contributed by atoms with Crippen LogP contribution < -0.4 is 19.6 Å². The van der Waals surface area contributed by atoms with Crippen molar-refractivity contribution >= 4 is 46.3 Å². The van der Waals surface area contributed by atoms with Gasteiger partial charge in [0.25, 0.3) is 11.6 Å². The minimum atomic E-state index is -0.715. The number of benzene rings is 4. The van der Waals surface area contributed by atoms with Gasteiger partial charge in [0.1, 0.15) is 11.4 Å². The third-order valence-corrected chi connectivity index (χ3v) is 6.86. The fourth-order valence-electron chi connectivity index (χ4n) is 4.49. The summed E-state index contributed by atoms with van der Waals surface area (Å²) in [7, 11) is 1.41. The van der Waals surface area contributed by atoms with E-state index in [-0.39, 0.29) is 28.4 Å². The number of fused-ring (bicyclic) bond motifs is 1. The largest absolute Gasteiger partial charge is 0.494 e. The monoisotopic (exact) mass is 612 g/mol. The summed E-state index contributed by atoms with van der Waals surface area (Å²) < 4.78 is 16.5. The number of aromatic nitrogens is 1. The molecule has 0 aliphatic heterocycles. The molecule has 44 heavy (non-hydrogen) atoms. The number of H-pyrrole nitrogens is 1. The van der Waals surface area contributed by atoms with Crippen LogP contribution >= 0.6 is 11.6 Å². The number of nitrogens with one attached hydrogen (secondary N) is 2. The molecule has 0 spiro atoms. The highest BCUT2D eigenvalue weighted by atomic mass is 35.5. The molecule has 5 aromatic rings. The Morgan fingerprint density at radius 1 is 1.02 bits per heavy atom. The third kappa shape index (κ3) is 6.37. The first kappa shape index (κ1) is 29.8. The molecule has 12 heteroatoms. The Kier molecular flexibility index (Phi) is 8.87. The van der Waals surface area contributed by atoms with Crippen molar-refractivity contribution in [3.05, 3.63) is 117 Å². The Labute approximate surface area is 256 Å². The van der Waals surface area contributed by atoms with Crippen LogP contribution in [0, 0.1) is 10.1 Å². The molecule has 1 heterocycles. The number of hydrogen-bond donors (Lipinski definition) is 2.